The highest BCUT2D eigenvalue weighted by Crippen LogP contribution is 2.08. The van der Waals surface area contributed by atoms with Crippen LogP contribution in [0.1, 0.15) is 26.2 Å². The van der Waals surface area contributed by atoms with Crippen molar-refractivity contribution in [3.05, 3.63) is 0 Å². The van der Waals surface area contributed by atoms with E-state index in [4.69, 9.17) is 0 Å². The number of rotatable bonds is 6. The number of hydrogen-bond donors (Lipinski definition) is 2. The molecule has 1 rings (SSSR count). The molecule has 1 atom stereocenters. The van der Waals surface area contributed by atoms with Crippen LogP contribution in [0.4, 0.5) is 0 Å². The van der Waals surface area contributed by atoms with Crippen molar-refractivity contribution < 1.29 is 5.11 Å². The Hall–Kier alpha value is -0.120. The summed E-state index contributed by atoms with van der Waals surface area (Å²) in [6.07, 6.45) is 3.31. The number of aliphatic hydroxyl groups is 1. The number of nitrogens with one attached hydrogen (secondary N) is 1. The molecule has 1 aliphatic heterocycles. The van der Waals surface area contributed by atoms with Gasteiger partial charge in [-0.05, 0) is 38.9 Å². The lowest BCUT2D eigenvalue weighted by atomic mass is 10.3. The van der Waals surface area contributed by atoms with Gasteiger partial charge in [0.2, 0.25) is 0 Å². The van der Waals surface area contributed by atoms with Crippen molar-refractivity contribution in [2.24, 2.45) is 0 Å². The van der Waals surface area contributed by atoms with E-state index in [1.807, 2.05) is 0 Å². The summed E-state index contributed by atoms with van der Waals surface area (Å²) in [6.45, 7) is 7.52. The second-order valence-electron chi connectivity index (χ2n) is 3.85. The first-order valence-corrected chi connectivity index (χ1v) is 5.44. The Morgan fingerprint density at radius 2 is 2.31 bits per heavy atom. The third kappa shape index (κ3) is 4.60. The number of nitrogens with zero attached hydrogens (tertiary/aromatic N) is 1. The number of β-amino-alcohol motifs (C(OH)–C–C–N with tert-alkyl or cyclic N) is 1. The van der Waals surface area contributed by atoms with Crippen LogP contribution in [0.2, 0.25) is 0 Å². The fraction of sp³-hybridized carbons (Fsp3) is 1.00. The first-order valence-electron chi connectivity index (χ1n) is 5.44. The minimum Gasteiger partial charge on any atom is -0.392 e. The van der Waals surface area contributed by atoms with Crippen molar-refractivity contribution >= 4 is 0 Å². The van der Waals surface area contributed by atoms with Crippen LogP contribution in [0.3, 0.4) is 0 Å². The van der Waals surface area contributed by atoms with Crippen molar-refractivity contribution in [3.8, 4) is 0 Å². The van der Waals surface area contributed by atoms with Crippen molar-refractivity contribution in [2.45, 2.75) is 32.3 Å². The second kappa shape index (κ2) is 6.35. The van der Waals surface area contributed by atoms with E-state index >= 15 is 0 Å². The minimum absolute atomic E-state index is 0.0661. The van der Waals surface area contributed by atoms with Gasteiger partial charge in [-0.15, -0.1) is 0 Å². The summed E-state index contributed by atoms with van der Waals surface area (Å²) in [7, 11) is 0. The van der Waals surface area contributed by atoms with E-state index in [-0.39, 0.29) is 6.10 Å². The Labute approximate surface area is 81.1 Å². The van der Waals surface area contributed by atoms with E-state index < -0.39 is 0 Å². The quantitative estimate of drug-likeness (QED) is 0.591. The number of likely N-dealkylation sites (tertiary alicyclic amines) is 1. The molecule has 0 spiro atoms. The molecular weight excluding hydrogens is 164 g/mol. The molecule has 13 heavy (non-hydrogen) atoms. The Kier molecular flexibility index (Phi) is 5.35. The lowest BCUT2D eigenvalue weighted by Gasteiger charge is -2.14. The monoisotopic (exact) mass is 186 g/mol. The van der Waals surface area contributed by atoms with Gasteiger partial charge < -0.3 is 15.3 Å². The van der Waals surface area contributed by atoms with Gasteiger partial charge in [-0.3, -0.25) is 0 Å². The van der Waals surface area contributed by atoms with Gasteiger partial charge in [-0.25, -0.2) is 0 Å². The van der Waals surface area contributed by atoms with Crippen molar-refractivity contribution in [3.63, 3.8) is 0 Å². The molecule has 0 aliphatic carbocycles. The second-order valence-corrected chi connectivity index (χ2v) is 3.85. The average molecular weight is 186 g/mol. The van der Waals surface area contributed by atoms with Gasteiger partial charge >= 0.3 is 0 Å². The van der Waals surface area contributed by atoms with Crippen LogP contribution in [-0.2, 0) is 0 Å². The maximum atomic E-state index is 9.28. The van der Waals surface area contributed by atoms with E-state index in [1.165, 1.54) is 12.8 Å². The zero-order valence-corrected chi connectivity index (χ0v) is 8.63. The zero-order chi connectivity index (χ0) is 9.52. The molecule has 1 unspecified atom stereocenters. The predicted octanol–water partition coefficient (Wildman–Crippen LogP) is 0.443. The fourth-order valence-electron chi connectivity index (χ4n) is 1.74. The normalized spacial score (nSPS) is 24.0. The molecule has 0 aromatic heterocycles. The summed E-state index contributed by atoms with van der Waals surface area (Å²) < 4.78 is 0. The molecule has 1 saturated heterocycles. The molecule has 1 heterocycles. The topological polar surface area (TPSA) is 35.5 Å². The molecule has 0 amide bonds. The average Bonchev–Trinajstić information content (AvgIpc) is 2.51. The number of aliphatic hydroxyl groups excluding tert-OH is 1. The molecule has 78 valence electrons. The van der Waals surface area contributed by atoms with Crippen molar-refractivity contribution in [1.82, 2.24) is 10.2 Å². The summed E-state index contributed by atoms with van der Waals surface area (Å²) >= 11 is 0. The maximum Gasteiger partial charge on any atom is 0.0679 e. The van der Waals surface area contributed by atoms with E-state index in [1.54, 1.807) is 0 Å². The van der Waals surface area contributed by atoms with Gasteiger partial charge in [-0.1, -0.05) is 6.92 Å². The van der Waals surface area contributed by atoms with Crippen molar-refractivity contribution in [2.75, 3.05) is 32.7 Å². The van der Waals surface area contributed by atoms with E-state index in [0.717, 1.165) is 39.1 Å². The third-order valence-electron chi connectivity index (χ3n) is 2.50. The molecule has 0 saturated carbocycles. The molecule has 0 radical (unpaired) electrons. The Morgan fingerprint density at radius 3 is 2.92 bits per heavy atom. The summed E-state index contributed by atoms with van der Waals surface area (Å²) in [4.78, 5) is 2.35. The zero-order valence-electron chi connectivity index (χ0n) is 8.63. The van der Waals surface area contributed by atoms with Gasteiger partial charge in [0.05, 0.1) is 6.10 Å². The van der Waals surface area contributed by atoms with Crippen LogP contribution in [0.5, 0.6) is 0 Å². The highest BCUT2D eigenvalue weighted by Gasteiger charge is 2.18. The summed E-state index contributed by atoms with van der Waals surface area (Å²) in [5.41, 5.74) is 0. The van der Waals surface area contributed by atoms with Crippen LogP contribution in [0.25, 0.3) is 0 Å². The van der Waals surface area contributed by atoms with Gasteiger partial charge in [0.15, 0.2) is 0 Å². The van der Waals surface area contributed by atoms with Crippen LogP contribution in [0.15, 0.2) is 0 Å². The molecule has 0 bridgehead atoms. The maximum absolute atomic E-state index is 9.28. The molecule has 3 heteroatoms. The Bertz CT molecular complexity index is 130. The third-order valence-corrected chi connectivity index (χ3v) is 2.50. The molecular formula is C10H22N2O. The van der Waals surface area contributed by atoms with Crippen LogP contribution in [0, 0.1) is 0 Å². The van der Waals surface area contributed by atoms with E-state index in [2.05, 4.69) is 17.1 Å². The molecule has 0 aromatic carbocycles. The van der Waals surface area contributed by atoms with Crippen LogP contribution in [-0.4, -0.2) is 48.8 Å². The van der Waals surface area contributed by atoms with E-state index in [0.29, 0.717) is 0 Å². The van der Waals surface area contributed by atoms with Gasteiger partial charge in [0.25, 0.3) is 0 Å². The Balaban J connectivity index is 1.88. The summed E-state index contributed by atoms with van der Waals surface area (Å²) in [5.74, 6) is 0. The highest BCUT2D eigenvalue weighted by molar-refractivity contribution is 4.74. The predicted molar refractivity (Wildman–Crippen MR) is 54.8 cm³/mol. The largest absolute Gasteiger partial charge is 0.392 e. The van der Waals surface area contributed by atoms with E-state index in [9.17, 15) is 5.11 Å². The van der Waals surface area contributed by atoms with Crippen LogP contribution < -0.4 is 5.32 Å². The van der Waals surface area contributed by atoms with Gasteiger partial charge in [0.1, 0.15) is 0 Å². The lowest BCUT2D eigenvalue weighted by molar-refractivity contribution is 0.176. The van der Waals surface area contributed by atoms with Gasteiger partial charge in [-0.2, -0.15) is 0 Å². The molecule has 2 N–H and O–H groups in total. The van der Waals surface area contributed by atoms with Crippen LogP contribution >= 0.6 is 0 Å². The first kappa shape index (κ1) is 11.0. The number of hydrogen-bond acceptors (Lipinski definition) is 3. The molecule has 3 nitrogen and oxygen atoms in total. The minimum atomic E-state index is -0.0661. The summed E-state index contributed by atoms with van der Waals surface area (Å²) in [6, 6.07) is 0. The lowest BCUT2D eigenvalue weighted by Crippen LogP contribution is -2.26. The molecule has 1 aliphatic rings. The smallest absolute Gasteiger partial charge is 0.0679 e. The fourth-order valence-corrected chi connectivity index (χ4v) is 1.74. The first-order chi connectivity index (χ1) is 6.33. The molecule has 1 fully saturated rings. The van der Waals surface area contributed by atoms with Crippen molar-refractivity contribution in [1.29, 1.82) is 0 Å². The highest BCUT2D eigenvalue weighted by atomic mass is 16.3. The Morgan fingerprint density at radius 1 is 1.46 bits per heavy atom. The van der Waals surface area contributed by atoms with Gasteiger partial charge in [0, 0.05) is 13.1 Å². The molecule has 0 aromatic rings. The standard InChI is InChI=1S/C10H22N2O/c1-2-5-11-6-3-7-12-8-4-10(13)9-12/h10-11,13H,2-9H2,1H3. The summed E-state index contributed by atoms with van der Waals surface area (Å²) in [5, 5.41) is 12.7. The SMILES string of the molecule is CCCNCCCN1CCC(O)C1.